The fourth-order valence-electron chi connectivity index (χ4n) is 15.1. The third kappa shape index (κ3) is 44.8. The van der Waals surface area contributed by atoms with E-state index >= 15 is 0 Å². The van der Waals surface area contributed by atoms with Gasteiger partial charge in [-0.05, 0) is 19.3 Å². The van der Waals surface area contributed by atoms with Crippen LogP contribution >= 0.6 is 0 Å². The first-order valence-corrected chi connectivity index (χ1v) is 43.4. The van der Waals surface area contributed by atoms with Crippen molar-refractivity contribution in [2.45, 2.75) is 491 Å². The Labute approximate surface area is 626 Å². The topological polar surface area (TPSA) is 307 Å². The van der Waals surface area contributed by atoms with Crippen LogP contribution in [0.4, 0.5) is 0 Å². The van der Waals surface area contributed by atoms with Crippen LogP contribution in [-0.2, 0) is 33.2 Å². The lowest BCUT2D eigenvalue weighted by Crippen LogP contribution is -2.66. The minimum Gasteiger partial charge on any atom is -0.394 e. The van der Waals surface area contributed by atoms with Crippen molar-refractivity contribution >= 4 is 5.91 Å². The molecule has 103 heavy (non-hydrogen) atoms. The summed E-state index contributed by atoms with van der Waals surface area (Å²) in [5.74, 6) is -0.265. The molecule has 3 fully saturated rings. The van der Waals surface area contributed by atoms with E-state index < -0.39 is 124 Å². The van der Waals surface area contributed by atoms with E-state index in [9.17, 15) is 61.0 Å². The lowest BCUT2D eigenvalue weighted by molar-refractivity contribution is -0.379. The first kappa shape index (κ1) is 95.7. The van der Waals surface area contributed by atoms with Crippen molar-refractivity contribution in [3.8, 4) is 0 Å². The summed E-state index contributed by atoms with van der Waals surface area (Å²) in [6, 6.07) is -0.971. The van der Waals surface area contributed by atoms with Crippen LogP contribution in [0.15, 0.2) is 12.2 Å². The average Bonchev–Trinajstić information content (AvgIpc) is 0.780. The van der Waals surface area contributed by atoms with Crippen LogP contribution in [0.5, 0.6) is 0 Å². The van der Waals surface area contributed by atoms with Crippen LogP contribution in [-0.4, -0.2) is 193 Å². The molecule has 3 aliphatic rings. The van der Waals surface area contributed by atoms with E-state index in [1.165, 1.54) is 315 Å². The van der Waals surface area contributed by atoms with Gasteiger partial charge in [0, 0.05) is 6.42 Å². The molecule has 0 aromatic heterocycles. The van der Waals surface area contributed by atoms with E-state index in [2.05, 4.69) is 19.2 Å². The Morgan fingerprint density at radius 3 is 0.913 bits per heavy atom. The molecule has 17 atom stereocenters. The Morgan fingerprint density at radius 2 is 0.602 bits per heavy atom. The fraction of sp³-hybridized carbons (Fsp3) is 0.964. The average molecular weight is 1470 g/mol. The summed E-state index contributed by atoms with van der Waals surface area (Å²) in [7, 11) is 0. The molecule has 3 rings (SSSR count). The van der Waals surface area contributed by atoms with Crippen LogP contribution in [0.25, 0.3) is 0 Å². The molecule has 0 bridgehead atoms. The minimum absolute atomic E-state index is 0.250. The second kappa shape index (κ2) is 65.3. The number of unbranched alkanes of at least 4 members (excludes halogenated alkanes) is 55. The number of carbonyl (C=O) groups is 1. The lowest BCUT2D eigenvalue weighted by Gasteiger charge is -2.48. The number of carbonyl (C=O) groups excluding carboxylic acids is 1. The van der Waals surface area contributed by atoms with Gasteiger partial charge in [0.2, 0.25) is 5.91 Å². The number of amides is 1. The molecular formula is C84H161NO18. The van der Waals surface area contributed by atoms with Gasteiger partial charge >= 0.3 is 0 Å². The maximum Gasteiger partial charge on any atom is 0.220 e. The predicted molar refractivity (Wildman–Crippen MR) is 411 cm³/mol. The van der Waals surface area contributed by atoms with Crippen LogP contribution < -0.4 is 5.32 Å². The Bertz CT molecular complexity index is 1910. The van der Waals surface area contributed by atoms with Crippen molar-refractivity contribution in [1.29, 1.82) is 0 Å². The zero-order valence-electron chi connectivity index (χ0n) is 65.6. The molecule has 0 aliphatic carbocycles. The molecule has 3 saturated heterocycles. The van der Waals surface area contributed by atoms with E-state index in [4.69, 9.17) is 28.4 Å². The maximum absolute atomic E-state index is 13.5. The van der Waals surface area contributed by atoms with Crippen molar-refractivity contribution in [3.05, 3.63) is 12.2 Å². The van der Waals surface area contributed by atoms with Gasteiger partial charge in [-0.1, -0.05) is 373 Å². The van der Waals surface area contributed by atoms with Gasteiger partial charge in [0.25, 0.3) is 0 Å². The maximum atomic E-state index is 13.5. The summed E-state index contributed by atoms with van der Waals surface area (Å²) in [5.41, 5.74) is 0. The van der Waals surface area contributed by atoms with Gasteiger partial charge in [-0.2, -0.15) is 0 Å². The smallest absolute Gasteiger partial charge is 0.220 e. The van der Waals surface area contributed by atoms with Gasteiger partial charge < -0.3 is 89.9 Å². The lowest BCUT2D eigenvalue weighted by atomic mass is 9.96. The molecule has 0 aromatic rings. The number of rotatable bonds is 71. The summed E-state index contributed by atoms with van der Waals surface area (Å²) >= 11 is 0. The second-order valence-corrected chi connectivity index (χ2v) is 31.4. The van der Waals surface area contributed by atoms with Crippen LogP contribution in [0.2, 0.25) is 0 Å². The Hall–Kier alpha value is -1.47. The molecule has 0 aromatic carbocycles. The van der Waals surface area contributed by atoms with Gasteiger partial charge in [0.05, 0.1) is 38.6 Å². The molecule has 19 nitrogen and oxygen atoms in total. The zero-order chi connectivity index (χ0) is 74.6. The normalized spacial score (nSPS) is 26.0. The predicted octanol–water partition coefficient (Wildman–Crippen LogP) is 15.5. The van der Waals surface area contributed by atoms with E-state index in [1.54, 1.807) is 6.08 Å². The number of aliphatic hydroxyl groups is 11. The molecular weight excluding hydrogens is 1310 g/mol. The fourth-order valence-corrected chi connectivity index (χ4v) is 15.1. The molecule has 17 unspecified atom stereocenters. The third-order valence-electron chi connectivity index (χ3n) is 22.1. The van der Waals surface area contributed by atoms with Gasteiger partial charge in [0.15, 0.2) is 18.9 Å². The van der Waals surface area contributed by atoms with Crippen LogP contribution in [0, 0.1) is 0 Å². The van der Waals surface area contributed by atoms with Crippen molar-refractivity contribution in [2.75, 3.05) is 26.4 Å². The van der Waals surface area contributed by atoms with Crippen molar-refractivity contribution in [1.82, 2.24) is 5.32 Å². The summed E-state index contributed by atoms with van der Waals surface area (Å²) in [4.78, 5) is 13.5. The highest BCUT2D eigenvalue weighted by molar-refractivity contribution is 5.76. The molecule has 0 spiro atoms. The SMILES string of the molecule is CCCCCCCCCCCCCCCCCCCCCCCCCCCCCC/C=C/C(O)C(COC1OC(CO)C(OC2OC(CO)C(OC3OC(CO)C(O)C(O)C3O)C(O)C2O)C(O)C1O)NC(=O)CCCCCCCCCCCCCCCCCCCCCCCCCCCCCC. The molecule has 610 valence electrons. The second-order valence-electron chi connectivity index (χ2n) is 31.4. The largest absolute Gasteiger partial charge is 0.394 e. The first-order valence-electron chi connectivity index (χ1n) is 43.4. The van der Waals surface area contributed by atoms with Crippen LogP contribution in [0.3, 0.4) is 0 Å². The van der Waals surface area contributed by atoms with E-state index in [-0.39, 0.29) is 18.9 Å². The van der Waals surface area contributed by atoms with Crippen LogP contribution in [0.1, 0.15) is 386 Å². The minimum atomic E-state index is -1.98. The quantitative estimate of drug-likeness (QED) is 0.0199. The van der Waals surface area contributed by atoms with Gasteiger partial charge in [0.1, 0.15) is 73.2 Å². The summed E-state index contributed by atoms with van der Waals surface area (Å²) < 4.78 is 34.5. The molecule has 3 heterocycles. The highest BCUT2D eigenvalue weighted by Gasteiger charge is 2.54. The molecule has 3 aliphatic heterocycles. The van der Waals surface area contributed by atoms with E-state index in [0.717, 1.165) is 44.9 Å². The highest BCUT2D eigenvalue weighted by atomic mass is 16.8. The Kier molecular flexibility index (Phi) is 60.7. The summed E-state index contributed by atoms with van der Waals surface area (Å²) in [5, 5.41) is 121. The molecule has 19 heteroatoms. The van der Waals surface area contributed by atoms with Crippen molar-refractivity contribution in [3.63, 3.8) is 0 Å². The molecule has 0 radical (unpaired) electrons. The molecule has 0 saturated carbocycles. The first-order chi connectivity index (χ1) is 50.3. The van der Waals surface area contributed by atoms with Gasteiger partial charge in [-0.25, -0.2) is 0 Å². The summed E-state index contributed by atoms with van der Waals surface area (Å²) in [6.45, 7) is 1.82. The van der Waals surface area contributed by atoms with Gasteiger partial charge in [-0.15, -0.1) is 0 Å². The van der Waals surface area contributed by atoms with Gasteiger partial charge in [-0.3, -0.25) is 4.79 Å². The number of hydrogen-bond acceptors (Lipinski definition) is 18. The molecule has 12 N–H and O–H groups in total. The third-order valence-corrected chi connectivity index (χ3v) is 22.1. The summed E-state index contributed by atoms with van der Waals surface area (Å²) in [6.07, 6.45) is 52.1. The van der Waals surface area contributed by atoms with E-state index in [1.807, 2.05) is 6.08 Å². The highest BCUT2D eigenvalue weighted by Crippen LogP contribution is 2.34. The van der Waals surface area contributed by atoms with Crippen molar-refractivity contribution < 1.29 is 89.4 Å². The Balaban J connectivity index is 1.35. The number of hydrogen-bond donors (Lipinski definition) is 12. The number of ether oxygens (including phenoxy) is 6. The Morgan fingerprint density at radius 1 is 0.340 bits per heavy atom. The number of allylic oxidation sites excluding steroid dienone is 1. The number of aliphatic hydroxyl groups excluding tert-OH is 11. The molecule has 1 amide bonds. The van der Waals surface area contributed by atoms with Crippen molar-refractivity contribution in [2.24, 2.45) is 0 Å². The number of nitrogens with one attached hydrogen (secondary N) is 1. The zero-order valence-corrected chi connectivity index (χ0v) is 65.6. The monoisotopic (exact) mass is 1470 g/mol. The standard InChI is InChI=1S/C84H161NO18/c1-3-5-7-9-11-13-15-17-19-21-23-25-27-29-31-33-34-35-37-39-41-43-45-47-49-51-53-55-57-59-61-68(89)67(85-72(90)62-60-58-56-54-52-50-48-46-44-42-40-38-36-32-30-28-26-24-22-20-18-16-14-12-10-8-6-4-2)66-98-82-78(96)75(93)80(70(64-87)100-82)103-84-79(97)76(94)81(71(65-88)101-84)102-83-77(95)74(92)73(91)69(63-86)99-83/h59,61,67-71,73-84,86-89,91-97H,3-58,60,62-66H2,1-2H3,(H,85,90)/b61-59+. The van der Waals surface area contributed by atoms with E-state index in [0.29, 0.717) is 6.42 Å².